The van der Waals surface area contributed by atoms with Crippen molar-refractivity contribution >= 4 is 0 Å². The van der Waals surface area contributed by atoms with Crippen LogP contribution in [-0.4, -0.2) is 11.2 Å². The van der Waals surface area contributed by atoms with E-state index in [9.17, 15) is 5.11 Å². The van der Waals surface area contributed by atoms with Crippen molar-refractivity contribution in [2.24, 2.45) is 46.3 Å². The molecule has 4 rings (SSSR count). The van der Waals surface area contributed by atoms with Crippen LogP contribution in [0.2, 0.25) is 0 Å². The Labute approximate surface area is 186 Å². The molecular formula is C29H48O. The lowest BCUT2D eigenvalue weighted by Crippen LogP contribution is -2.49. The Morgan fingerprint density at radius 1 is 1.10 bits per heavy atom. The Morgan fingerprint density at radius 2 is 1.80 bits per heavy atom. The van der Waals surface area contributed by atoms with Gasteiger partial charge in [-0.15, -0.1) is 0 Å². The van der Waals surface area contributed by atoms with Gasteiger partial charge in [-0.3, -0.25) is 0 Å². The van der Waals surface area contributed by atoms with Gasteiger partial charge in [0.1, 0.15) is 0 Å². The summed E-state index contributed by atoms with van der Waals surface area (Å²) in [6.45, 7) is 16.6. The molecule has 0 aromatic rings. The van der Waals surface area contributed by atoms with Crippen molar-refractivity contribution in [1.82, 2.24) is 0 Å². The van der Waals surface area contributed by atoms with Gasteiger partial charge in [-0.25, -0.2) is 0 Å². The summed E-state index contributed by atoms with van der Waals surface area (Å²) in [5, 5.41) is 10.3. The minimum Gasteiger partial charge on any atom is -0.393 e. The van der Waals surface area contributed by atoms with Crippen molar-refractivity contribution in [3.8, 4) is 0 Å². The van der Waals surface area contributed by atoms with E-state index in [1.54, 1.807) is 0 Å². The number of hydrogen-bond donors (Lipinski definition) is 1. The van der Waals surface area contributed by atoms with E-state index >= 15 is 0 Å². The van der Waals surface area contributed by atoms with Crippen molar-refractivity contribution < 1.29 is 5.11 Å². The first-order valence-corrected chi connectivity index (χ1v) is 13.2. The minimum absolute atomic E-state index is 0.0465. The highest BCUT2D eigenvalue weighted by molar-refractivity contribution is 5.27. The molecule has 0 amide bonds. The molecule has 1 nitrogen and oxygen atoms in total. The Bertz CT molecular complexity index is 676. The third-order valence-corrected chi connectivity index (χ3v) is 11.0. The average Bonchev–Trinajstić information content (AvgIpc) is 3.06. The lowest BCUT2D eigenvalue weighted by atomic mass is 9.47. The van der Waals surface area contributed by atoms with Crippen LogP contribution in [0.15, 0.2) is 23.8 Å². The molecule has 4 aliphatic rings. The summed E-state index contributed by atoms with van der Waals surface area (Å²) >= 11 is 0. The summed E-state index contributed by atoms with van der Waals surface area (Å²) in [6, 6.07) is 0. The van der Waals surface area contributed by atoms with Gasteiger partial charge >= 0.3 is 0 Å². The Morgan fingerprint density at radius 3 is 2.50 bits per heavy atom. The standard InChI is InChI=1S/C29H48O/c1-7-21(19(2)3)9-8-20(4)25-12-13-26-24-11-10-22-18-23(30)14-16-28(22,5)27(24)15-17-29(25,26)6/h11,20-23,25-27,30H,2,7-10,12-18H2,1,3-6H3/t20-,21?,22?,23+,25-,26+,27+,28+,29-/m1/s1. The zero-order valence-electron chi connectivity index (χ0n) is 20.6. The zero-order chi connectivity index (χ0) is 21.7. The van der Waals surface area contributed by atoms with Crippen molar-refractivity contribution in [2.75, 3.05) is 0 Å². The Kier molecular flexibility index (Phi) is 6.35. The van der Waals surface area contributed by atoms with Gasteiger partial charge in [0, 0.05) is 0 Å². The largest absolute Gasteiger partial charge is 0.393 e. The molecule has 1 N–H and O–H groups in total. The second kappa shape index (κ2) is 8.42. The third-order valence-electron chi connectivity index (χ3n) is 11.0. The first-order chi connectivity index (χ1) is 14.2. The molecule has 2 unspecified atom stereocenters. The third kappa shape index (κ3) is 3.66. The highest BCUT2D eigenvalue weighted by Crippen LogP contribution is 2.67. The van der Waals surface area contributed by atoms with Gasteiger partial charge in [0.25, 0.3) is 0 Å². The lowest BCUT2D eigenvalue weighted by Gasteiger charge is -2.57. The number of rotatable bonds is 6. The molecule has 1 heteroatoms. The number of aliphatic hydroxyl groups excluding tert-OH is 1. The van der Waals surface area contributed by atoms with E-state index in [-0.39, 0.29) is 6.10 Å². The van der Waals surface area contributed by atoms with Crippen LogP contribution in [0.25, 0.3) is 0 Å². The maximum Gasteiger partial charge on any atom is 0.0543 e. The van der Waals surface area contributed by atoms with Crippen LogP contribution in [0, 0.1) is 46.3 Å². The summed E-state index contributed by atoms with van der Waals surface area (Å²) in [5.74, 6) is 4.78. The Balaban J connectivity index is 1.49. The molecule has 0 radical (unpaired) electrons. The second-order valence-electron chi connectivity index (χ2n) is 12.4. The molecule has 0 saturated heterocycles. The molecular weight excluding hydrogens is 364 g/mol. The molecule has 30 heavy (non-hydrogen) atoms. The van der Waals surface area contributed by atoms with Crippen molar-refractivity contribution in [3.63, 3.8) is 0 Å². The summed E-state index contributed by atoms with van der Waals surface area (Å²) in [6.07, 6.45) is 16.8. The molecule has 0 aromatic heterocycles. The van der Waals surface area contributed by atoms with Crippen LogP contribution in [0.3, 0.4) is 0 Å². The predicted molar refractivity (Wildman–Crippen MR) is 128 cm³/mol. The second-order valence-corrected chi connectivity index (χ2v) is 12.4. The van der Waals surface area contributed by atoms with Gasteiger partial charge < -0.3 is 5.11 Å². The van der Waals surface area contributed by atoms with Gasteiger partial charge in [-0.05, 0) is 124 Å². The molecule has 9 atom stereocenters. The fourth-order valence-corrected chi connectivity index (χ4v) is 8.93. The van der Waals surface area contributed by atoms with Crippen LogP contribution < -0.4 is 0 Å². The molecule has 3 saturated carbocycles. The predicted octanol–water partition coefficient (Wildman–Crippen LogP) is 7.94. The van der Waals surface area contributed by atoms with Crippen LogP contribution in [0.4, 0.5) is 0 Å². The first kappa shape index (κ1) is 22.6. The summed E-state index contributed by atoms with van der Waals surface area (Å²) in [5.41, 5.74) is 4.21. The SMILES string of the molecule is C=C(C)C(CC)CC[C@@H](C)[C@H]1CC[C@H]2C3=CCC4C[C@@H](O)CC[C@]4(C)[C@H]3CC[C@]12C. The fourth-order valence-electron chi connectivity index (χ4n) is 8.93. The summed E-state index contributed by atoms with van der Waals surface area (Å²) < 4.78 is 0. The molecule has 4 aliphatic carbocycles. The van der Waals surface area contributed by atoms with Crippen LogP contribution >= 0.6 is 0 Å². The number of fused-ring (bicyclic) bond motifs is 5. The lowest BCUT2D eigenvalue weighted by molar-refractivity contribution is -0.0428. The quantitative estimate of drug-likeness (QED) is 0.439. The van der Waals surface area contributed by atoms with Crippen molar-refractivity contribution in [3.05, 3.63) is 23.8 Å². The topological polar surface area (TPSA) is 20.2 Å². The molecule has 0 bridgehead atoms. The van der Waals surface area contributed by atoms with Gasteiger partial charge in [0.15, 0.2) is 0 Å². The van der Waals surface area contributed by atoms with Crippen molar-refractivity contribution in [1.29, 1.82) is 0 Å². The molecule has 0 spiro atoms. The van der Waals surface area contributed by atoms with E-state index in [2.05, 4.69) is 47.3 Å². The van der Waals surface area contributed by atoms with E-state index in [0.29, 0.717) is 22.7 Å². The van der Waals surface area contributed by atoms with Gasteiger partial charge in [-0.1, -0.05) is 51.5 Å². The van der Waals surface area contributed by atoms with E-state index < -0.39 is 0 Å². The van der Waals surface area contributed by atoms with Crippen LogP contribution in [0.1, 0.15) is 105 Å². The highest BCUT2D eigenvalue weighted by atomic mass is 16.3. The maximum absolute atomic E-state index is 10.3. The van der Waals surface area contributed by atoms with Gasteiger partial charge in [-0.2, -0.15) is 0 Å². The average molecular weight is 413 g/mol. The van der Waals surface area contributed by atoms with Crippen LogP contribution in [0.5, 0.6) is 0 Å². The molecule has 0 heterocycles. The zero-order valence-corrected chi connectivity index (χ0v) is 20.6. The molecule has 170 valence electrons. The number of allylic oxidation sites excluding steroid dienone is 3. The van der Waals surface area contributed by atoms with Gasteiger partial charge in [0.2, 0.25) is 0 Å². The monoisotopic (exact) mass is 412 g/mol. The van der Waals surface area contributed by atoms with E-state index in [4.69, 9.17) is 0 Å². The highest BCUT2D eigenvalue weighted by Gasteiger charge is 2.58. The molecule has 0 aliphatic heterocycles. The first-order valence-electron chi connectivity index (χ1n) is 13.2. The van der Waals surface area contributed by atoms with Crippen LogP contribution in [-0.2, 0) is 0 Å². The van der Waals surface area contributed by atoms with Gasteiger partial charge in [0.05, 0.1) is 6.10 Å². The Hall–Kier alpha value is -0.560. The maximum atomic E-state index is 10.3. The summed E-state index contributed by atoms with van der Waals surface area (Å²) in [4.78, 5) is 0. The van der Waals surface area contributed by atoms with E-state index in [1.165, 1.54) is 63.4 Å². The van der Waals surface area contributed by atoms with E-state index in [1.807, 2.05) is 5.57 Å². The smallest absolute Gasteiger partial charge is 0.0543 e. The fraction of sp³-hybridized carbons (Fsp3) is 0.862. The van der Waals surface area contributed by atoms with E-state index in [0.717, 1.165) is 36.5 Å². The number of aliphatic hydroxyl groups is 1. The number of hydrogen-bond acceptors (Lipinski definition) is 1. The van der Waals surface area contributed by atoms with Crippen molar-refractivity contribution in [2.45, 2.75) is 111 Å². The molecule has 0 aromatic carbocycles. The minimum atomic E-state index is -0.0465. The molecule has 3 fully saturated rings. The normalized spacial score (nSPS) is 45.0. The summed E-state index contributed by atoms with van der Waals surface area (Å²) in [7, 11) is 0.